The molecule has 0 aromatic rings. The molecule has 0 aliphatic rings. The summed E-state index contributed by atoms with van der Waals surface area (Å²) in [5, 5.41) is -0.924. The number of ether oxygens (including phenoxy) is 1. The number of amides is 1. The van der Waals surface area contributed by atoms with Gasteiger partial charge in [0.15, 0.2) is 0 Å². The van der Waals surface area contributed by atoms with Gasteiger partial charge in [0.25, 0.3) is 0 Å². The molecule has 0 saturated carbocycles. The molecule has 0 radical (unpaired) electrons. The lowest BCUT2D eigenvalue weighted by Crippen LogP contribution is -2.44. The number of carbonyl (C=O) groups excluding carboxylic acids is 1. The third-order valence-electron chi connectivity index (χ3n) is 3.86. The van der Waals surface area contributed by atoms with Crippen LogP contribution >= 0.6 is 0 Å². The van der Waals surface area contributed by atoms with Crippen LogP contribution in [0.15, 0.2) is 12.7 Å². The highest BCUT2D eigenvalue weighted by Gasteiger charge is 2.23. The second-order valence-electron chi connectivity index (χ2n) is 8.07. The highest BCUT2D eigenvalue weighted by molar-refractivity contribution is 7.86. The third kappa shape index (κ3) is 11.2. The standard InChI is InChI=1S/C17H34N2O5S/c1-8-10-15(25(21,22)23)11-14-19(6,7)13-9-12-18(5)16(20)24-17(2,3)4/h8,15H,1,9-14H2,2-7H3. The minimum Gasteiger partial charge on any atom is -0.748 e. The summed E-state index contributed by atoms with van der Waals surface area (Å²) in [6.45, 7) is 10.8. The van der Waals surface area contributed by atoms with E-state index in [1.54, 1.807) is 7.05 Å². The smallest absolute Gasteiger partial charge is 0.410 e. The minimum atomic E-state index is -4.31. The monoisotopic (exact) mass is 378 g/mol. The Morgan fingerprint density at radius 2 is 1.88 bits per heavy atom. The molecule has 0 aliphatic heterocycles. The van der Waals surface area contributed by atoms with Crippen LogP contribution in [0.2, 0.25) is 0 Å². The molecule has 0 fully saturated rings. The first-order valence-electron chi connectivity index (χ1n) is 8.49. The van der Waals surface area contributed by atoms with Crippen molar-refractivity contribution in [1.82, 2.24) is 4.90 Å². The largest absolute Gasteiger partial charge is 0.748 e. The summed E-state index contributed by atoms with van der Waals surface area (Å²) >= 11 is 0. The van der Waals surface area contributed by atoms with Crippen molar-refractivity contribution in [2.24, 2.45) is 0 Å². The summed E-state index contributed by atoms with van der Waals surface area (Å²) in [4.78, 5) is 13.4. The lowest BCUT2D eigenvalue weighted by Gasteiger charge is -2.32. The van der Waals surface area contributed by atoms with Gasteiger partial charge in [-0.3, -0.25) is 0 Å². The first-order valence-corrected chi connectivity index (χ1v) is 9.97. The van der Waals surface area contributed by atoms with Crippen molar-refractivity contribution in [3.8, 4) is 0 Å². The van der Waals surface area contributed by atoms with Gasteiger partial charge in [-0.1, -0.05) is 6.08 Å². The number of hydrogen-bond acceptors (Lipinski definition) is 5. The number of rotatable bonds is 10. The molecule has 0 spiro atoms. The van der Waals surface area contributed by atoms with Gasteiger partial charge >= 0.3 is 6.09 Å². The van der Waals surface area contributed by atoms with Crippen LogP contribution in [0.4, 0.5) is 4.79 Å². The molecule has 0 rings (SSSR count). The zero-order chi connectivity index (χ0) is 19.9. The fourth-order valence-electron chi connectivity index (χ4n) is 2.34. The van der Waals surface area contributed by atoms with Crippen molar-refractivity contribution < 1.29 is 27.0 Å². The fourth-order valence-corrected chi connectivity index (χ4v) is 3.10. The molecule has 0 heterocycles. The van der Waals surface area contributed by atoms with Crippen LogP contribution in [0, 0.1) is 0 Å². The fraction of sp³-hybridized carbons (Fsp3) is 0.824. The van der Waals surface area contributed by atoms with Crippen molar-refractivity contribution >= 4 is 16.2 Å². The Morgan fingerprint density at radius 1 is 1.32 bits per heavy atom. The van der Waals surface area contributed by atoms with Crippen LogP contribution < -0.4 is 0 Å². The van der Waals surface area contributed by atoms with Crippen LogP contribution in [0.1, 0.15) is 40.0 Å². The molecule has 25 heavy (non-hydrogen) atoms. The molecule has 8 heteroatoms. The number of hydrogen-bond donors (Lipinski definition) is 0. The number of quaternary nitrogens is 1. The van der Waals surface area contributed by atoms with Gasteiger partial charge in [0.2, 0.25) is 0 Å². The SMILES string of the molecule is C=CCC(CC[N+](C)(C)CCCN(C)C(=O)OC(C)(C)C)S(=O)(=O)[O-]. The van der Waals surface area contributed by atoms with Gasteiger partial charge in [0.05, 0.1) is 42.6 Å². The van der Waals surface area contributed by atoms with Gasteiger partial charge < -0.3 is 18.7 Å². The molecule has 0 aromatic heterocycles. The second kappa shape index (κ2) is 9.54. The second-order valence-corrected chi connectivity index (χ2v) is 9.72. The van der Waals surface area contributed by atoms with Gasteiger partial charge in [0.1, 0.15) is 5.60 Å². The highest BCUT2D eigenvalue weighted by Crippen LogP contribution is 2.14. The molecule has 0 aromatic carbocycles. The summed E-state index contributed by atoms with van der Waals surface area (Å²) in [6.07, 6.45) is 2.33. The Morgan fingerprint density at radius 3 is 2.32 bits per heavy atom. The first-order chi connectivity index (χ1) is 11.2. The van der Waals surface area contributed by atoms with Gasteiger partial charge in [-0.15, -0.1) is 6.58 Å². The predicted octanol–water partition coefficient (Wildman–Crippen LogP) is 2.20. The van der Waals surface area contributed by atoms with E-state index in [0.29, 0.717) is 24.0 Å². The molecule has 1 amide bonds. The molecule has 1 atom stereocenters. The summed E-state index contributed by atoms with van der Waals surface area (Å²) in [7, 11) is 1.34. The Hall–Kier alpha value is -1.12. The molecule has 0 aliphatic carbocycles. The Labute approximate surface area is 153 Å². The number of carbonyl (C=O) groups is 1. The van der Waals surface area contributed by atoms with Crippen molar-refractivity contribution in [1.29, 1.82) is 0 Å². The average molecular weight is 379 g/mol. The summed E-state index contributed by atoms with van der Waals surface area (Å²) in [5.74, 6) is 0. The number of allylic oxidation sites excluding steroid dienone is 1. The third-order valence-corrected chi connectivity index (χ3v) is 5.10. The molecule has 7 nitrogen and oxygen atoms in total. The van der Waals surface area contributed by atoms with Crippen LogP contribution in [-0.4, -0.2) is 80.1 Å². The van der Waals surface area contributed by atoms with Crippen LogP contribution in [0.3, 0.4) is 0 Å². The summed E-state index contributed by atoms with van der Waals surface area (Å²) in [6, 6.07) is 0. The zero-order valence-corrected chi connectivity index (χ0v) is 17.3. The van der Waals surface area contributed by atoms with E-state index in [9.17, 15) is 17.8 Å². The van der Waals surface area contributed by atoms with Crippen LogP contribution in [-0.2, 0) is 14.9 Å². The minimum absolute atomic E-state index is 0.174. The van der Waals surface area contributed by atoms with E-state index >= 15 is 0 Å². The van der Waals surface area contributed by atoms with E-state index in [2.05, 4.69) is 6.58 Å². The Kier molecular flexibility index (Phi) is 9.12. The molecule has 0 saturated heterocycles. The lowest BCUT2D eigenvalue weighted by molar-refractivity contribution is -0.890. The average Bonchev–Trinajstić information content (AvgIpc) is 2.39. The maximum absolute atomic E-state index is 11.9. The summed E-state index contributed by atoms with van der Waals surface area (Å²) in [5.41, 5.74) is -0.523. The van der Waals surface area contributed by atoms with E-state index in [-0.39, 0.29) is 12.5 Å². The Bertz CT molecular complexity index is 538. The van der Waals surface area contributed by atoms with E-state index in [1.165, 1.54) is 11.0 Å². The molecule has 148 valence electrons. The first kappa shape index (κ1) is 23.9. The normalized spacial score (nSPS) is 14.0. The van der Waals surface area contributed by atoms with Crippen LogP contribution in [0.5, 0.6) is 0 Å². The predicted molar refractivity (Wildman–Crippen MR) is 98.2 cm³/mol. The maximum Gasteiger partial charge on any atom is 0.410 e. The zero-order valence-electron chi connectivity index (χ0n) is 16.4. The van der Waals surface area contributed by atoms with Crippen molar-refractivity contribution in [2.75, 3.05) is 40.8 Å². The lowest BCUT2D eigenvalue weighted by atomic mass is 10.2. The van der Waals surface area contributed by atoms with Crippen molar-refractivity contribution in [2.45, 2.75) is 50.9 Å². The molecular formula is C17H34N2O5S. The molecule has 0 bridgehead atoms. The summed E-state index contributed by atoms with van der Waals surface area (Å²) < 4.78 is 39.7. The topological polar surface area (TPSA) is 86.7 Å². The number of nitrogens with zero attached hydrogens (tertiary/aromatic N) is 2. The van der Waals surface area contributed by atoms with E-state index in [4.69, 9.17) is 4.74 Å². The van der Waals surface area contributed by atoms with Gasteiger partial charge in [-0.05, 0) is 27.2 Å². The molecule has 1 unspecified atom stereocenters. The van der Waals surface area contributed by atoms with E-state index in [0.717, 1.165) is 13.0 Å². The van der Waals surface area contributed by atoms with Gasteiger partial charge in [-0.2, -0.15) is 0 Å². The van der Waals surface area contributed by atoms with E-state index in [1.807, 2.05) is 34.9 Å². The molecular weight excluding hydrogens is 344 g/mol. The van der Waals surface area contributed by atoms with Crippen molar-refractivity contribution in [3.63, 3.8) is 0 Å². The Balaban J connectivity index is 4.40. The maximum atomic E-state index is 11.9. The van der Waals surface area contributed by atoms with Crippen LogP contribution in [0.25, 0.3) is 0 Å². The van der Waals surface area contributed by atoms with Crippen molar-refractivity contribution in [3.05, 3.63) is 12.7 Å². The highest BCUT2D eigenvalue weighted by atomic mass is 32.2. The van der Waals surface area contributed by atoms with Gasteiger partial charge in [-0.25, -0.2) is 13.2 Å². The molecule has 0 N–H and O–H groups in total. The quantitative estimate of drug-likeness (QED) is 0.330. The van der Waals surface area contributed by atoms with E-state index < -0.39 is 21.0 Å². The van der Waals surface area contributed by atoms with Gasteiger partial charge in [0, 0.05) is 26.4 Å².